The van der Waals surface area contributed by atoms with Crippen LogP contribution in [-0.2, 0) is 32.9 Å². The molecule has 0 N–H and O–H groups in total. The van der Waals surface area contributed by atoms with Gasteiger partial charge < -0.3 is 13.9 Å². The van der Waals surface area contributed by atoms with Gasteiger partial charge in [-0.05, 0) is 90.5 Å². The zero-order valence-corrected chi connectivity index (χ0v) is 45.3. The van der Waals surface area contributed by atoms with E-state index in [9.17, 15) is 0 Å². The zero-order chi connectivity index (χ0) is 50.6. The van der Waals surface area contributed by atoms with Crippen LogP contribution in [0, 0.1) is 23.9 Å². The van der Waals surface area contributed by atoms with Gasteiger partial charge in [-0.2, -0.15) is 18.2 Å². The van der Waals surface area contributed by atoms with Crippen molar-refractivity contribution in [2.75, 3.05) is 0 Å². The quantitative estimate of drug-likeness (QED) is 0.101. The molecule has 0 fully saturated rings. The number of hydrogen-bond acceptors (Lipinski definition) is 2. The van der Waals surface area contributed by atoms with Gasteiger partial charge in [0.25, 0.3) is 6.33 Å². The predicted molar refractivity (Wildman–Crippen MR) is 304 cm³/mol. The van der Waals surface area contributed by atoms with Gasteiger partial charge in [-0.15, -0.1) is 29.7 Å². The molecule has 0 atom stereocenters. The third-order valence-electron chi connectivity index (χ3n) is 14.0. The fourth-order valence-electron chi connectivity index (χ4n) is 10.4. The van der Waals surface area contributed by atoms with Crippen molar-refractivity contribution in [3.63, 3.8) is 0 Å². The van der Waals surface area contributed by atoms with Crippen LogP contribution in [0.15, 0.2) is 219 Å². The first-order valence-corrected chi connectivity index (χ1v) is 25.5. The molecule has 0 aliphatic rings. The van der Waals surface area contributed by atoms with Crippen LogP contribution in [0.4, 0.5) is 0 Å². The maximum absolute atomic E-state index is 6.81. The standard InChI is InChI=1S/C69H56N4O.Pt/c1-68(2,3)44-52-41-66(70-45-61(52)50-32-35-53(36-33-50)69(4,5)6)73-62-39-34-51(47-20-10-7-11-21-47)40-60(62)59-38-37-56(43-65(59)73)74-55-27-18-26-54(42-55)71-46-72(64-31-17-16-30-63(64)71)67-57(48-22-12-8-13-23-48)28-19-29-58(67)49-24-14-9-15-25-49;/h7-41,45H,44H2,1-6H3;/q-2;. The smallest absolute Gasteiger partial charge is 0.268 e. The molecular weight excluding hydrogens is 1100 g/mol. The second-order valence-electron chi connectivity index (χ2n) is 21.5. The molecule has 0 saturated carbocycles. The molecule has 12 aromatic rings. The third kappa shape index (κ3) is 9.66. The van der Waals surface area contributed by atoms with Crippen LogP contribution in [0.1, 0.15) is 52.7 Å². The first kappa shape index (κ1) is 49.1. The number of hydrogen-bond donors (Lipinski definition) is 0. The summed E-state index contributed by atoms with van der Waals surface area (Å²) < 4.78 is 13.3. The first-order chi connectivity index (χ1) is 35.9. The SMILES string of the molecule is CC(C)(C)Cc1cc(-n2c3[c-]c(Oc4[c-]c(-n5[c-][n+](-c6c(-c7ccccc7)cccc6-c6ccccc6)c6ccccc65)ccc4)ccc3c3cc(-c4ccccc4)ccc32)ncc1-c1ccc(C(C)(C)C)cc1.[Pt]. The minimum Gasteiger partial charge on any atom is -0.510 e. The molecule has 370 valence electrons. The van der Waals surface area contributed by atoms with E-state index in [0.29, 0.717) is 11.5 Å². The van der Waals surface area contributed by atoms with E-state index in [2.05, 4.69) is 274 Å². The van der Waals surface area contributed by atoms with Gasteiger partial charge >= 0.3 is 0 Å². The molecule has 0 spiro atoms. The van der Waals surface area contributed by atoms with Crippen LogP contribution >= 0.6 is 0 Å². The van der Waals surface area contributed by atoms with Crippen molar-refractivity contribution < 1.29 is 30.4 Å². The predicted octanol–water partition coefficient (Wildman–Crippen LogP) is 17.1. The van der Waals surface area contributed by atoms with E-state index in [1.807, 2.05) is 18.2 Å². The van der Waals surface area contributed by atoms with Crippen molar-refractivity contribution in [1.29, 1.82) is 0 Å². The number of fused-ring (bicyclic) bond motifs is 4. The van der Waals surface area contributed by atoms with E-state index >= 15 is 0 Å². The Morgan fingerprint density at radius 2 is 1.11 bits per heavy atom. The van der Waals surface area contributed by atoms with Crippen molar-refractivity contribution in [2.45, 2.75) is 53.4 Å². The summed E-state index contributed by atoms with van der Waals surface area (Å²) in [5.74, 6) is 1.97. The summed E-state index contributed by atoms with van der Waals surface area (Å²) in [6.45, 7) is 13.7. The monoisotopic (exact) mass is 1150 g/mol. The summed E-state index contributed by atoms with van der Waals surface area (Å²) in [4.78, 5) is 5.28. The first-order valence-electron chi connectivity index (χ1n) is 25.5. The number of pyridine rings is 1. The fraction of sp³-hybridized carbons (Fsp3) is 0.130. The Morgan fingerprint density at radius 3 is 1.77 bits per heavy atom. The summed E-state index contributed by atoms with van der Waals surface area (Å²) in [5, 5.41) is 2.18. The number of imidazole rings is 1. The summed E-state index contributed by atoms with van der Waals surface area (Å²) in [6.07, 6.45) is 6.72. The Hall–Kier alpha value is -8.11. The Labute approximate surface area is 454 Å². The van der Waals surface area contributed by atoms with Crippen LogP contribution in [0.25, 0.3) is 94.5 Å². The Morgan fingerprint density at radius 1 is 0.507 bits per heavy atom. The number of para-hydroxylation sites is 3. The molecule has 5 nitrogen and oxygen atoms in total. The van der Waals surface area contributed by atoms with E-state index in [4.69, 9.17) is 9.72 Å². The Bertz CT molecular complexity index is 3950. The molecule has 6 heteroatoms. The average Bonchev–Trinajstić information content (AvgIpc) is 3.96. The third-order valence-corrected chi connectivity index (χ3v) is 14.0. The van der Waals surface area contributed by atoms with Gasteiger partial charge in [0.2, 0.25) is 0 Å². The molecule has 0 bridgehead atoms. The van der Waals surface area contributed by atoms with Gasteiger partial charge in [0.15, 0.2) is 0 Å². The van der Waals surface area contributed by atoms with Crippen molar-refractivity contribution >= 4 is 32.8 Å². The molecule has 12 rings (SSSR count). The largest absolute Gasteiger partial charge is 0.510 e. The topological polar surface area (TPSA) is 35.9 Å². The summed E-state index contributed by atoms with van der Waals surface area (Å²) in [7, 11) is 0. The van der Waals surface area contributed by atoms with Crippen LogP contribution < -0.4 is 9.30 Å². The van der Waals surface area contributed by atoms with Crippen LogP contribution in [-0.4, -0.2) is 14.1 Å². The number of nitrogens with zero attached hydrogens (tertiary/aromatic N) is 4. The molecule has 3 aromatic heterocycles. The van der Waals surface area contributed by atoms with Gasteiger partial charge in [-0.1, -0.05) is 217 Å². The van der Waals surface area contributed by atoms with Crippen molar-refractivity contribution in [3.05, 3.63) is 248 Å². The maximum atomic E-state index is 6.81. The molecule has 3 heterocycles. The summed E-state index contributed by atoms with van der Waals surface area (Å²) in [5.41, 5.74) is 17.5. The Kier molecular flexibility index (Phi) is 13.1. The molecule has 0 aliphatic carbocycles. The van der Waals surface area contributed by atoms with E-state index in [1.54, 1.807) is 0 Å². The van der Waals surface area contributed by atoms with Gasteiger partial charge in [0.1, 0.15) is 5.82 Å². The fourth-order valence-corrected chi connectivity index (χ4v) is 10.4. The molecule has 0 unspecified atom stereocenters. The van der Waals surface area contributed by atoms with Crippen molar-refractivity contribution in [1.82, 2.24) is 14.1 Å². The van der Waals surface area contributed by atoms with E-state index in [-0.39, 0.29) is 31.9 Å². The molecule has 0 saturated heterocycles. The minimum atomic E-state index is 0. The molecule has 0 amide bonds. The number of aromatic nitrogens is 4. The van der Waals surface area contributed by atoms with Gasteiger partial charge in [0.05, 0.1) is 16.7 Å². The second-order valence-corrected chi connectivity index (χ2v) is 21.5. The minimum absolute atomic E-state index is 0. The van der Waals surface area contributed by atoms with Crippen LogP contribution in [0.3, 0.4) is 0 Å². The zero-order valence-electron chi connectivity index (χ0n) is 43.0. The average molecular weight is 1150 g/mol. The summed E-state index contributed by atoms with van der Waals surface area (Å²) in [6, 6.07) is 82.3. The van der Waals surface area contributed by atoms with E-state index < -0.39 is 0 Å². The summed E-state index contributed by atoms with van der Waals surface area (Å²) >= 11 is 0. The molecule has 75 heavy (non-hydrogen) atoms. The molecule has 0 radical (unpaired) electrons. The van der Waals surface area contributed by atoms with Gasteiger partial charge in [-0.25, -0.2) is 4.98 Å². The molecular formula is C69H56N4OPt-2. The Balaban J connectivity index is 0.00000602. The second kappa shape index (κ2) is 20.0. The van der Waals surface area contributed by atoms with E-state index in [0.717, 1.165) is 95.4 Å². The maximum Gasteiger partial charge on any atom is 0.268 e. The van der Waals surface area contributed by atoms with Crippen LogP contribution in [0.5, 0.6) is 11.5 Å². The number of rotatable bonds is 10. The van der Waals surface area contributed by atoms with E-state index in [1.165, 1.54) is 16.7 Å². The van der Waals surface area contributed by atoms with Gasteiger partial charge in [0, 0.05) is 49.8 Å². The molecule has 0 aliphatic heterocycles. The van der Waals surface area contributed by atoms with Crippen molar-refractivity contribution in [3.8, 4) is 73.2 Å². The van der Waals surface area contributed by atoms with Crippen LogP contribution in [0.2, 0.25) is 0 Å². The number of benzene rings is 9. The number of ether oxygens (including phenoxy) is 1. The normalized spacial score (nSPS) is 11.8. The van der Waals surface area contributed by atoms with Gasteiger partial charge in [-0.3, -0.25) is 4.57 Å². The molecule has 9 aromatic carbocycles. The van der Waals surface area contributed by atoms with Crippen molar-refractivity contribution in [2.24, 2.45) is 5.41 Å².